The maximum atomic E-state index is 11.9. The van der Waals surface area contributed by atoms with Gasteiger partial charge in [0, 0.05) is 5.56 Å². The second kappa shape index (κ2) is 17.4. The number of nitrogens with one attached hydrogen (secondary N) is 3. The van der Waals surface area contributed by atoms with Crippen molar-refractivity contribution in [1.29, 1.82) is 5.26 Å². The van der Waals surface area contributed by atoms with E-state index in [1.54, 1.807) is 19.1 Å². The van der Waals surface area contributed by atoms with Crippen LogP contribution < -0.4 is 16.3 Å². The molecule has 10 nitrogen and oxygen atoms in total. The van der Waals surface area contributed by atoms with Gasteiger partial charge in [-0.1, -0.05) is 76.5 Å². The highest BCUT2D eigenvalue weighted by atomic mass is 35.5. The van der Waals surface area contributed by atoms with Crippen LogP contribution in [0.3, 0.4) is 0 Å². The van der Waals surface area contributed by atoms with Gasteiger partial charge in [0.2, 0.25) is 5.71 Å². The van der Waals surface area contributed by atoms with Crippen LogP contribution in [0.2, 0.25) is 10.0 Å². The van der Waals surface area contributed by atoms with Gasteiger partial charge in [0.25, 0.3) is 11.5 Å². The van der Waals surface area contributed by atoms with Gasteiger partial charge in [0.15, 0.2) is 0 Å². The summed E-state index contributed by atoms with van der Waals surface area (Å²) in [5, 5.41) is 22.1. The summed E-state index contributed by atoms with van der Waals surface area (Å²) < 4.78 is 4.57. The molecule has 0 bridgehead atoms. The quantitative estimate of drug-likeness (QED) is 0.279. The number of imide groups is 1. The molecule has 0 saturated carbocycles. The Kier molecular flexibility index (Phi) is 15.9. The van der Waals surface area contributed by atoms with E-state index >= 15 is 0 Å². The lowest BCUT2D eigenvalue weighted by molar-refractivity contribution is -0.114. The van der Waals surface area contributed by atoms with Gasteiger partial charge in [0.05, 0.1) is 27.2 Å². The number of H-pyrrole nitrogens is 1. The Morgan fingerprint density at radius 2 is 1.78 bits per heavy atom. The number of alkyl carbamates (subject to hydrolysis) is 1. The molecule has 0 unspecified atom stereocenters. The summed E-state index contributed by atoms with van der Waals surface area (Å²) in [6.07, 6.45) is -0.996. The number of nitrogens with zero attached hydrogens (tertiary/aromatic N) is 3. The van der Waals surface area contributed by atoms with Crippen LogP contribution >= 0.6 is 35.0 Å². The van der Waals surface area contributed by atoms with Gasteiger partial charge in [-0.2, -0.15) is 15.5 Å². The normalized spacial score (nSPS) is 10.2. The van der Waals surface area contributed by atoms with Crippen molar-refractivity contribution in [3.05, 3.63) is 44.2 Å². The smallest absolute Gasteiger partial charge is 0.414 e. The highest BCUT2D eigenvalue weighted by molar-refractivity contribution is 7.99. The van der Waals surface area contributed by atoms with Crippen LogP contribution in [0.4, 0.5) is 10.5 Å². The third-order valence-electron chi connectivity index (χ3n) is 3.74. The van der Waals surface area contributed by atoms with Crippen molar-refractivity contribution in [1.82, 2.24) is 15.5 Å². The number of aromatic amines is 1. The van der Waals surface area contributed by atoms with Crippen LogP contribution in [-0.4, -0.2) is 34.5 Å². The SMILES string of the molecule is CC.CC.CCOC(=O)NC(=O)/C(C#N)=N\Nc1cc(Cl)c(Sc2cc(C(C)C)c(=O)[nH]n2)c(Cl)c1. The second-order valence-electron chi connectivity index (χ2n) is 6.38. The Morgan fingerprint density at radius 1 is 1.19 bits per heavy atom. The summed E-state index contributed by atoms with van der Waals surface area (Å²) in [4.78, 5) is 35.5. The number of hydrogen-bond donors (Lipinski definition) is 3. The number of carbonyl (C=O) groups excluding carboxylic acids is 2. The molecule has 13 heteroatoms. The molecule has 1 aromatic carbocycles. The number of rotatable bonds is 7. The van der Waals surface area contributed by atoms with Crippen LogP contribution in [0, 0.1) is 11.3 Å². The summed E-state index contributed by atoms with van der Waals surface area (Å²) in [6.45, 7) is 13.4. The van der Waals surface area contributed by atoms with Crippen molar-refractivity contribution in [3.8, 4) is 6.07 Å². The van der Waals surface area contributed by atoms with Gasteiger partial charge in [0.1, 0.15) is 11.1 Å². The van der Waals surface area contributed by atoms with Gasteiger partial charge < -0.3 is 4.74 Å². The first-order chi connectivity index (χ1) is 17.2. The van der Waals surface area contributed by atoms with Crippen LogP contribution in [0.5, 0.6) is 0 Å². The summed E-state index contributed by atoms with van der Waals surface area (Å²) in [7, 11) is 0. The molecule has 0 aliphatic carbocycles. The van der Waals surface area contributed by atoms with Crippen molar-refractivity contribution >= 4 is 58.4 Å². The molecule has 0 aliphatic rings. The predicted molar refractivity (Wildman–Crippen MR) is 144 cm³/mol. The van der Waals surface area contributed by atoms with E-state index in [-0.39, 0.29) is 28.1 Å². The summed E-state index contributed by atoms with van der Waals surface area (Å²) >= 11 is 13.8. The third kappa shape index (κ3) is 10.3. The summed E-state index contributed by atoms with van der Waals surface area (Å²) in [5.74, 6) is -1.03. The first kappa shape index (κ1) is 32.9. The zero-order chi connectivity index (χ0) is 27.8. The van der Waals surface area contributed by atoms with E-state index in [0.29, 0.717) is 21.2 Å². The van der Waals surface area contributed by atoms with E-state index in [0.717, 1.165) is 11.8 Å². The minimum atomic E-state index is -1.03. The molecule has 2 amide bonds. The highest BCUT2D eigenvalue weighted by Gasteiger charge is 2.17. The van der Waals surface area contributed by atoms with E-state index in [1.165, 1.54) is 12.1 Å². The molecule has 2 rings (SSSR count). The third-order valence-corrected chi connectivity index (χ3v) is 5.63. The van der Waals surface area contributed by atoms with Gasteiger partial charge in [-0.05, 0) is 31.0 Å². The number of anilines is 1. The molecule has 0 atom stereocenters. The number of hydrazone groups is 1. The molecule has 0 aliphatic heterocycles. The lowest BCUT2D eigenvalue weighted by Crippen LogP contribution is -2.36. The average molecular weight is 558 g/mol. The van der Waals surface area contributed by atoms with Crippen molar-refractivity contribution in [2.24, 2.45) is 5.10 Å². The number of nitriles is 1. The highest BCUT2D eigenvalue weighted by Crippen LogP contribution is 2.40. The van der Waals surface area contributed by atoms with Crippen molar-refractivity contribution < 1.29 is 14.3 Å². The van der Waals surface area contributed by atoms with Gasteiger partial charge in [-0.25, -0.2) is 9.89 Å². The number of carbonyl (C=O) groups is 2. The Labute approximate surface area is 224 Å². The number of halogens is 2. The molecule has 36 heavy (non-hydrogen) atoms. The number of amides is 2. The maximum absolute atomic E-state index is 11.9. The zero-order valence-electron chi connectivity index (χ0n) is 21.2. The molecule has 196 valence electrons. The molecule has 0 saturated heterocycles. The summed E-state index contributed by atoms with van der Waals surface area (Å²) in [6, 6.07) is 6.19. The van der Waals surface area contributed by atoms with Gasteiger partial charge in [-0.15, -0.1) is 0 Å². The predicted octanol–water partition coefficient (Wildman–Crippen LogP) is 5.97. The van der Waals surface area contributed by atoms with Gasteiger partial charge >= 0.3 is 6.09 Å². The van der Waals surface area contributed by atoms with Crippen LogP contribution in [0.15, 0.2) is 38.0 Å². The maximum Gasteiger partial charge on any atom is 0.414 e. The number of benzene rings is 1. The van der Waals surface area contributed by atoms with E-state index in [2.05, 4.69) is 25.5 Å². The second-order valence-corrected chi connectivity index (χ2v) is 8.22. The van der Waals surface area contributed by atoms with E-state index < -0.39 is 17.7 Å². The van der Waals surface area contributed by atoms with Crippen molar-refractivity contribution in [2.75, 3.05) is 12.0 Å². The van der Waals surface area contributed by atoms with Crippen molar-refractivity contribution in [2.45, 2.75) is 64.3 Å². The molecular formula is C23H30Cl2N6O4S. The molecular weight excluding hydrogens is 527 g/mol. The van der Waals surface area contributed by atoms with Crippen LogP contribution in [-0.2, 0) is 9.53 Å². The average Bonchev–Trinajstić information content (AvgIpc) is 2.85. The van der Waals surface area contributed by atoms with Gasteiger partial charge in [-0.3, -0.25) is 20.3 Å². The van der Waals surface area contributed by atoms with E-state index in [1.807, 2.05) is 46.9 Å². The van der Waals surface area contributed by atoms with E-state index in [9.17, 15) is 14.4 Å². The standard InChI is InChI=1S/C19H18Cl2N6O4S.2C2H6/c1-4-31-19(30)23-18(29)14(8-22)25-24-10-5-12(20)16(13(21)6-10)32-15-7-11(9(2)3)17(28)27-26-15;2*1-2/h5-7,9,24H,4H2,1-3H3,(H,27,28)(H,23,29,30);2*1-2H3/b25-14-;;. The molecule has 0 fully saturated rings. The lowest BCUT2D eigenvalue weighted by atomic mass is 10.1. The fourth-order valence-electron chi connectivity index (χ4n) is 2.27. The monoisotopic (exact) mass is 556 g/mol. The lowest BCUT2D eigenvalue weighted by Gasteiger charge is -2.10. The van der Waals surface area contributed by atoms with Crippen molar-refractivity contribution in [3.63, 3.8) is 0 Å². The first-order valence-corrected chi connectivity index (χ1v) is 12.7. The molecule has 1 aromatic heterocycles. The fourth-order valence-corrected chi connectivity index (χ4v) is 3.79. The molecule has 0 spiro atoms. The minimum absolute atomic E-state index is 0.00633. The Bertz CT molecular complexity index is 1140. The largest absolute Gasteiger partial charge is 0.450 e. The first-order valence-electron chi connectivity index (χ1n) is 11.1. The van der Waals surface area contributed by atoms with Crippen LogP contribution in [0.1, 0.15) is 59.9 Å². The Balaban J connectivity index is 0.00000291. The number of hydrogen-bond acceptors (Lipinski definition) is 9. The molecule has 1 heterocycles. The fraction of sp³-hybridized carbons (Fsp3) is 0.391. The number of aromatic nitrogens is 2. The number of ether oxygens (including phenoxy) is 1. The zero-order valence-corrected chi connectivity index (χ0v) is 23.5. The Hall–Kier alpha value is -3.07. The Morgan fingerprint density at radius 3 is 2.28 bits per heavy atom. The topological polar surface area (TPSA) is 149 Å². The molecule has 2 aromatic rings. The summed E-state index contributed by atoms with van der Waals surface area (Å²) in [5.41, 5.74) is 2.49. The molecule has 3 N–H and O–H groups in total. The van der Waals surface area contributed by atoms with Crippen LogP contribution in [0.25, 0.3) is 0 Å². The molecule has 0 radical (unpaired) electrons. The minimum Gasteiger partial charge on any atom is -0.450 e. The van der Waals surface area contributed by atoms with E-state index in [4.69, 9.17) is 28.5 Å².